The van der Waals surface area contributed by atoms with E-state index in [1.54, 1.807) is 7.11 Å². The minimum Gasteiger partial charge on any atom is -0.469 e. The molecule has 1 aliphatic heterocycles. The smallest absolute Gasteiger partial charge is 0.308 e. The molecule has 32 heavy (non-hydrogen) atoms. The van der Waals surface area contributed by atoms with E-state index in [-0.39, 0.29) is 12.4 Å². The predicted octanol–water partition coefficient (Wildman–Crippen LogP) is 4.93. The summed E-state index contributed by atoms with van der Waals surface area (Å²) in [6, 6.07) is 19.2. The summed E-state index contributed by atoms with van der Waals surface area (Å²) in [6.07, 6.45) is 7.68. The standard InChI is InChI=1S/C26H32O6/c1-28-25(27)19-23(17-11-3-4-12-18-24-20-30-24)31-32-26(29-2,21-13-7-5-8-14-21)22-15-9-6-10-16-22/h3-10,13-16,23-24H,11-12,17-20H2,1-2H3/b4-3+/t23-,24-/m0/s1. The molecular formula is C26H32O6. The molecule has 6 heteroatoms. The average molecular weight is 441 g/mol. The second-order valence-electron chi connectivity index (χ2n) is 7.72. The molecule has 172 valence electrons. The molecule has 0 N–H and O–H groups in total. The number of epoxide rings is 1. The number of methoxy groups -OCH3 is 2. The van der Waals surface area contributed by atoms with Crippen molar-refractivity contribution in [2.24, 2.45) is 0 Å². The molecule has 0 radical (unpaired) electrons. The fraction of sp³-hybridized carbons (Fsp3) is 0.423. The Hall–Kier alpha value is -2.51. The Morgan fingerprint density at radius 1 is 1.03 bits per heavy atom. The lowest BCUT2D eigenvalue weighted by Gasteiger charge is -2.33. The van der Waals surface area contributed by atoms with E-state index >= 15 is 0 Å². The van der Waals surface area contributed by atoms with Crippen molar-refractivity contribution in [1.29, 1.82) is 0 Å². The monoisotopic (exact) mass is 440 g/mol. The summed E-state index contributed by atoms with van der Waals surface area (Å²) in [4.78, 5) is 23.8. The summed E-state index contributed by atoms with van der Waals surface area (Å²) in [5, 5.41) is 0. The SMILES string of the molecule is COC(=O)C[C@H](CC/C=C/CC[C@H]1CO1)OOC(OC)(c1ccccc1)c1ccccc1. The number of hydrogen-bond acceptors (Lipinski definition) is 6. The summed E-state index contributed by atoms with van der Waals surface area (Å²) < 4.78 is 16.0. The number of carbonyl (C=O) groups excluding carboxylic acids is 1. The van der Waals surface area contributed by atoms with Crippen LogP contribution in [0, 0.1) is 0 Å². The van der Waals surface area contributed by atoms with Gasteiger partial charge in [0.1, 0.15) is 6.10 Å². The third-order valence-electron chi connectivity index (χ3n) is 5.40. The van der Waals surface area contributed by atoms with Gasteiger partial charge in [-0.1, -0.05) is 72.8 Å². The van der Waals surface area contributed by atoms with Crippen molar-refractivity contribution < 1.29 is 28.8 Å². The van der Waals surface area contributed by atoms with Gasteiger partial charge in [-0.3, -0.25) is 4.79 Å². The highest BCUT2D eigenvalue weighted by Crippen LogP contribution is 2.35. The molecule has 0 bridgehead atoms. The molecule has 1 saturated heterocycles. The summed E-state index contributed by atoms with van der Waals surface area (Å²) >= 11 is 0. The quantitative estimate of drug-likeness (QED) is 0.104. The van der Waals surface area contributed by atoms with Crippen LogP contribution in [0.15, 0.2) is 72.8 Å². The largest absolute Gasteiger partial charge is 0.469 e. The van der Waals surface area contributed by atoms with Crippen molar-refractivity contribution in [3.05, 3.63) is 83.9 Å². The normalized spacial score (nSPS) is 16.8. The Labute approximate surface area is 190 Å². The number of allylic oxidation sites excluding steroid dienone is 2. The number of rotatable bonds is 14. The molecule has 1 aliphatic rings. The number of ether oxygens (including phenoxy) is 3. The van der Waals surface area contributed by atoms with Gasteiger partial charge in [0.05, 0.1) is 26.2 Å². The van der Waals surface area contributed by atoms with Crippen molar-refractivity contribution in [3.8, 4) is 0 Å². The van der Waals surface area contributed by atoms with Crippen molar-refractivity contribution >= 4 is 5.97 Å². The van der Waals surface area contributed by atoms with Crippen LogP contribution in [-0.4, -0.2) is 39.0 Å². The first-order chi connectivity index (χ1) is 15.7. The fourth-order valence-electron chi connectivity index (χ4n) is 3.47. The van der Waals surface area contributed by atoms with Crippen LogP contribution < -0.4 is 0 Å². The summed E-state index contributed by atoms with van der Waals surface area (Å²) in [5.41, 5.74) is 1.57. The molecule has 0 aromatic heterocycles. The molecule has 1 fully saturated rings. The first kappa shape index (κ1) is 24.1. The van der Waals surface area contributed by atoms with Gasteiger partial charge in [0.15, 0.2) is 0 Å². The Morgan fingerprint density at radius 3 is 2.16 bits per heavy atom. The summed E-state index contributed by atoms with van der Waals surface area (Å²) in [6.45, 7) is 0.879. The lowest BCUT2D eigenvalue weighted by molar-refractivity contribution is -0.435. The first-order valence-corrected chi connectivity index (χ1v) is 11.0. The highest BCUT2D eigenvalue weighted by atomic mass is 17.2. The second kappa shape index (κ2) is 12.5. The van der Waals surface area contributed by atoms with E-state index in [1.165, 1.54) is 7.11 Å². The Balaban J connectivity index is 1.69. The van der Waals surface area contributed by atoms with Crippen LogP contribution in [0.4, 0.5) is 0 Å². The molecule has 1 heterocycles. The van der Waals surface area contributed by atoms with Crippen LogP contribution in [0.2, 0.25) is 0 Å². The Bertz CT molecular complexity index is 792. The fourth-order valence-corrected chi connectivity index (χ4v) is 3.47. The third kappa shape index (κ3) is 7.00. The van der Waals surface area contributed by atoms with Gasteiger partial charge >= 0.3 is 5.97 Å². The molecule has 2 atom stereocenters. The van der Waals surface area contributed by atoms with Crippen LogP contribution in [-0.2, 0) is 34.6 Å². The van der Waals surface area contributed by atoms with E-state index < -0.39 is 11.9 Å². The Morgan fingerprint density at radius 2 is 1.62 bits per heavy atom. The van der Waals surface area contributed by atoms with Crippen molar-refractivity contribution in [1.82, 2.24) is 0 Å². The van der Waals surface area contributed by atoms with E-state index in [1.807, 2.05) is 60.7 Å². The Kier molecular flexibility index (Phi) is 9.43. The highest BCUT2D eigenvalue weighted by molar-refractivity contribution is 5.69. The van der Waals surface area contributed by atoms with Crippen molar-refractivity contribution in [2.75, 3.05) is 20.8 Å². The number of benzene rings is 2. The van der Waals surface area contributed by atoms with Crippen LogP contribution >= 0.6 is 0 Å². The van der Waals surface area contributed by atoms with Gasteiger partial charge in [0.25, 0.3) is 5.79 Å². The molecule has 0 unspecified atom stereocenters. The van der Waals surface area contributed by atoms with Crippen molar-refractivity contribution in [3.63, 3.8) is 0 Å². The zero-order valence-corrected chi connectivity index (χ0v) is 18.8. The van der Waals surface area contributed by atoms with Gasteiger partial charge < -0.3 is 14.2 Å². The maximum absolute atomic E-state index is 12.0. The topological polar surface area (TPSA) is 66.5 Å². The van der Waals surface area contributed by atoms with E-state index in [2.05, 4.69) is 12.2 Å². The maximum atomic E-state index is 12.0. The van der Waals surface area contributed by atoms with E-state index in [0.29, 0.717) is 12.5 Å². The number of hydrogen-bond donors (Lipinski definition) is 0. The van der Waals surface area contributed by atoms with E-state index in [0.717, 1.165) is 37.0 Å². The minimum atomic E-state index is -1.27. The zero-order chi connectivity index (χ0) is 22.7. The average Bonchev–Trinajstić information content (AvgIpc) is 3.67. The molecule has 3 rings (SSSR count). The molecule has 0 amide bonds. The molecule has 2 aromatic rings. The molecule has 6 nitrogen and oxygen atoms in total. The first-order valence-electron chi connectivity index (χ1n) is 11.0. The van der Waals surface area contributed by atoms with Crippen LogP contribution in [0.25, 0.3) is 0 Å². The maximum Gasteiger partial charge on any atom is 0.308 e. The number of esters is 1. The van der Waals surface area contributed by atoms with Gasteiger partial charge in [-0.05, 0) is 25.7 Å². The van der Waals surface area contributed by atoms with Gasteiger partial charge in [0.2, 0.25) is 0 Å². The molecule has 0 aliphatic carbocycles. The van der Waals surface area contributed by atoms with Crippen LogP contribution in [0.5, 0.6) is 0 Å². The predicted molar refractivity (Wildman–Crippen MR) is 121 cm³/mol. The minimum absolute atomic E-state index is 0.0869. The highest BCUT2D eigenvalue weighted by Gasteiger charge is 2.38. The van der Waals surface area contributed by atoms with Gasteiger partial charge in [-0.15, -0.1) is 0 Å². The van der Waals surface area contributed by atoms with Gasteiger partial charge in [-0.25, -0.2) is 4.89 Å². The molecule has 0 saturated carbocycles. The lowest BCUT2D eigenvalue weighted by atomic mass is 9.97. The van der Waals surface area contributed by atoms with Gasteiger partial charge in [-0.2, -0.15) is 4.89 Å². The van der Waals surface area contributed by atoms with Gasteiger partial charge in [0, 0.05) is 18.2 Å². The molecular weight excluding hydrogens is 408 g/mol. The number of carbonyl (C=O) groups is 1. The van der Waals surface area contributed by atoms with E-state index in [9.17, 15) is 4.79 Å². The third-order valence-corrected chi connectivity index (χ3v) is 5.40. The van der Waals surface area contributed by atoms with Crippen LogP contribution in [0.1, 0.15) is 43.2 Å². The summed E-state index contributed by atoms with van der Waals surface area (Å²) in [7, 11) is 2.94. The molecule has 2 aromatic carbocycles. The van der Waals surface area contributed by atoms with Crippen molar-refractivity contribution in [2.45, 2.75) is 50.1 Å². The van der Waals surface area contributed by atoms with Crippen LogP contribution in [0.3, 0.4) is 0 Å². The molecule has 0 spiro atoms. The van der Waals surface area contributed by atoms with E-state index in [4.69, 9.17) is 24.0 Å². The summed E-state index contributed by atoms with van der Waals surface area (Å²) in [5.74, 6) is -1.62. The second-order valence-corrected chi connectivity index (χ2v) is 7.72. The zero-order valence-electron chi connectivity index (χ0n) is 18.8. The lowest BCUT2D eigenvalue weighted by Crippen LogP contribution is -2.35.